The third-order valence-corrected chi connectivity index (χ3v) is 8.60. The van der Waals surface area contributed by atoms with Crippen molar-refractivity contribution >= 4 is 33.3 Å². The summed E-state index contributed by atoms with van der Waals surface area (Å²) in [5.74, 6) is 0. The van der Waals surface area contributed by atoms with Gasteiger partial charge in [-0.15, -0.1) is 11.3 Å². The van der Waals surface area contributed by atoms with Crippen LogP contribution in [0.3, 0.4) is 0 Å². The fraction of sp³-hybridized carbons (Fsp3) is 0.462. The zero-order valence-corrected chi connectivity index (χ0v) is 20.2. The molecular formula is C26H31BrS. The Labute approximate surface area is 182 Å². The zero-order valence-electron chi connectivity index (χ0n) is 17.8. The first-order chi connectivity index (χ1) is 13.2. The molecule has 0 aliphatic heterocycles. The van der Waals surface area contributed by atoms with E-state index < -0.39 is 0 Å². The Morgan fingerprint density at radius 1 is 0.929 bits per heavy atom. The third-order valence-electron chi connectivity index (χ3n) is 6.81. The highest BCUT2D eigenvalue weighted by molar-refractivity contribution is 9.11. The van der Waals surface area contributed by atoms with Crippen molar-refractivity contribution in [3.05, 3.63) is 61.3 Å². The number of aryl methyl sites for hydroxylation is 1. The van der Waals surface area contributed by atoms with E-state index in [-0.39, 0.29) is 10.8 Å². The van der Waals surface area contributed by atoms with Gasteiger partial charge in [-0.05, 0) is 105 Å². The van der Waals surface area contributed by atoms with Gasteiger partial charge in [0.1, 0.15) is 0 Å². The van der Waals surface area contributed by atoms with Gasteiger partial charge in [0.15, 0.2) is 0 Å². The number of benzene rings is 1. The fourth-order valence-electron chi connectivity index (χ4n) is 4.77. The highest BCUT2D eigenvalue weighted by atomic mass is 79.9. The van der Waals surface area contributed by atoms with Gasteiger partial charge < -0.3 is 0 Å². The van der Waals surface area contributed by atoms with Crippen molar-refractivity contribution in [2.24, 2.45) is 0 Å². The molecule has 0 saturated carbocycles. The van der Waals surface area contributed by atoms with Crippen LogP contribution in [0.4, 0.5) is 0 Å². The van der Waals surface area contributed by atoms with Crippen LogP contribution in [0.1, 0.15) is 81.4 Å². The van der Waals surface area contributed by atoms with Crippen LogP contribution in [-0.2, 0) is 10.8 Å². The number of hydrogen-bond acceptors (Lipinski definition) is 1. The first kappa shape index (κ1) is 20.2. The van der Waals surface area contributed by atoms with Crippen LogP contribution in [0, 0.1) is 6.92 Å². The summed E-state index contributed by atoms with van der Waals surface area (Å²) in [6, 6.07) is 7.29. The molecule has 0 N–H and O–H groups in total. The quantitative estimate of drug-likeness (QED) is 0.433. The molecule has 0 saturated heterocycles. The van der Waals surface area contributed by atoms with Gasteiger partial charge in [0.05, 0.1) is 0 Å². The van der Waals surface area contributed by atoms with E-state index in [0.717, 1.165) is 0 Å². The highest BCUT2D eigenvalue weighted by Crippen LogP contribution is 2.48. The zero-order chi connectivity index (χ0) is 20.1. The SMILES string of the molecule is Cc1cc2c(cc1-c1ccsc1/C=C/C1=C(Br)CCC1)C(C)(C)CCC2(C)C. The molecule has 2 aliphatic carbocycles. The van der Waals surface area contributed by atoms with E-state index in [1.165, 1.54) is 63.7 Å². The van der Waals surface area contributed by atoms with Gasteiger partial charge in [0, 0.05) is 4.88 Å². The van der Waals surface area contributed by atoms with Gasteiger partial charge in [-0.2, -0.15) is 0 Å². The first-order valence-corrected chi connectivity index (χ1v) is 12.2. The van der Waals surface area contributed by atoms with Crippen molar-refractivity contribution in [1.29, 1.82) is 0 Å². The Hall–Kier alpha value is -1.12. The molecule has 1 aromatic carbocycles. The van der Waals surface area contributed by atoms with Crippen molar-refractivity contribution in [3.63, 3.8) is 0 Å². The fourth-order valence-corrected chi connectivity index (χ4v) is 6.18. The molecule has 2 aromatic rings. The molecule has 0 spiro atoms. The minimum Gasteiger partial charge on any atom is -0.144 e. The molecule has 0 atom stereocenters. The highest BCUT2D eigenvalue weighted by Gasteiger charge is 2.37. The lowest BCUT2D eigenvalue weighted by Crippen LogP contribution is -2.34. The normalized spacial score (nSPS) is 20.8. The van der Waals surface area contributed by atoms with E-state index in [2.05, 4.69) is 86.3 Å². The molecule has 0 bridgehead atoms. The number of hydrogen-bond donors (Lipinski definition) is 0. The molecular weight excluding hydrogens is 424 g/mol. The maximum Gasteiger partial charge on any atom is 0.0348 e. The monoisotopic (exact) mass is 454 g/mol. The maximum atomic E-state index is 3.74. The summed E-state index contributed by atoms with van der Waals surface area (Å²) in [7, 11) is 0. The van der Waals surface area contributed by atoms with E-state index in [0.29, 0.717) is 0 Å². The van der Waals surface area contributed by atoms with Crippen molar-refractivity contribution < 1.29 is 0 Å². The Morgan fingerprint density at radius 3 is 2.25 bits per heavy atom. The minimum absolute atomic E-state index is 0.249. The number of fused-ring (bicyclic) bond motifs is 1. The molecule has 148 valence electrons. The Kier molecular flexibility index (Phi) is 5.25. The molecule has 2 heteroatoms. The van der Waals surface area contributed by atoms with E-state index in [4.69, 9.17) is 0 Å². The van der Waals surface area contributed by atoms with Crippen LogP contribution < -0.4 is 0 Å². The second kappa shape index (κ2) is 7.29. The van der Waals surface area contributed by atoms with Gasteiger partial charge in [-0.1, -0.05) is 61.8 Å². The summed E-state index contributed by atoms with van der Waals surface area (Å²) in [4.78, 5) is 1.37. The first-order valence-electron chi connectivity index (χ1n) is 10.5. The van der Waals surface area contributed by atoms with Crippen molar-refractivity contribution in [1.82, 2.24) is 0 Å². The van der Waals surface area contributed by atoms with Crippen LogP contribution >= 0.6 is 27.3 Å². The van der Waals surface area contributed by atoms with E-state index in [9.17, 15) is 0 Å². The summed E-state index contributed by atoms with van der Waals surface area (Å²) in [6.07, 6.45) is 10.8. The van der Waals surface area contributed by atoms with Crippen LogP contribution in [0.2, 0.25) is 0 Å². The van der Waals surface area contributed by atoms with Crippen molar-refractivity contribution in [2.45, 2.75) is 77.6 Å². The lowest BCUT2D eigenvalue weighted by Gasteiger charge is -2.42. The standard InChI is InChI=1S/C26H31BrS/c1-17-15-21-22(26(4,5)13-12-25(21,2)3)16-20(17)19-11-14-28-24(19)10-9-18-7-6-8-23(18)27/h9-11,14-16H,6-8,12-13H2,1-5H3/b10-9+. The molecule has 0 radical (unpaired) electrons. The predicted octanol–water partition coefficient (Wildman–Crippen LogP) is 8.92. The lowest BCUT2D eigenvalue weighted by molar-refractivity contribution is 0.332. The second-order valence-electron chi connectivity index (χ2n) is 9.80. The van der Waals surface area contributed by atoms with E-state index in [1.807, 2.05) is 11.3 Å². The molecule has 0 unspecified atom stereocenters. The van der Waals surface area contributed by atoms with Crippen LogP contribution in [0.5, 0.6) is 0 Å². The minimum atomic E-state index is 0.249. The van der Waals surface area contributed by atoms with Gasteiger partial charge >= 0.3 is 0 Å². The molecule has 1 heterocycles. The summed E-state index contributed by atoms with van der Waals surface area (Å²) < 4.78 is 1.38. The Morgan fingerprint density at radius 2 is 1.61 bits per heavy atom. The topological polar surface area (TPSA) is 0 Å². The summed E-state index contributed by atoms with van der Waals surface area (Å²) in [5.41, 5.74) is 9.28. The van der Waals surface area contributed by atoms with Gasteiger partial charge in [0.25, 0.3) is 0 Å². The Bertz CT molecular complexity index is 968. The number of allylic oxidation sites excluding steroid dienone is 3. The Balaban J connectivity index is 1.79. The molecule has 0 amide bonds. The largest absolute Gasteiger partial charge is 0.144 e. The number of halogens is 1. The number of rotatable bonds is 3. The van der Waals surface area contributed by atoms with Crippen LogP contribution in [0.25, 0.3) is 17.2 Å². The third kappa shape index (κ3) is 3.59. The lowest BCUT2D eigenvalue weighted by atomic mass is 9.62. The van der Waals surface area contributed by atoms with E-state index >= 15 is 0 Å². The summed E-state index contributed by atoms with van der Waals surface area (Å²) in [6.45, 7) is 11.9. The average molecular weight is 456 g/mol. The maximum absolute atomic E-state index is 3.74. The smallest absolute Gasteiger partial charge is 0.0348 e. The molecule has 1 aromatic heterocycles. The van der Waals surface area contributed by atoms with Crippen molar-refractivity contribution in [3.8, 4) is 11.1 Å². The van der Waals surface area contributed by atoms with Gasteiger partial charge in [-0.25, -0.2) is 0 Å². The predicted molar refractivity (Wildman–Crippen MR) is 129 cm³/mol. The molecule has 4 rings (SSSR count). The average Bonchev–Trinajstić information content (AvgIpc) is 3.25. The van der Waals surface area contributed by atoms with Crippen LogP contribution in [0.15, 0.2) is 39.7 Å². The summed E-state index contributed by atoms with van der Waals surface area (Å²) >= 11 is 5.59. The molecule has 2 aliphatic rings. The second-order valence-corrected chi connectivity index (χ2v) is 11.7. The van der Waals surface area contributed by atoms with E-state index in [1.54, 1.807) is 11.1 Å². The van der Waals surface area contributed by atoms with Crippen LogP contribution in [-0.4, -0.2) is 0 Å². The molecule has 0 fully saturated rings. The number of thiophene rings is 1. The van der Waals surface area contributed by atoms with Gasteiger partial charge in [-0.3, -0.25) is 0 Å². The van der Waals surface area contributed by atoms with Crippen molar-refractivity contribution in [2.75, 3.05) is 0 Å². The van der Waals surface area contributed by atoms with Gasteiger partial charge in [0.2, 0.25) is 0 Å². The molecule has 28 heavy (non-hydrogen) atoms. The summed E-state index contributed by atoms with van der Waals surface area (Å²) in [5, 5.41) is 2.24. The molecule has 0 nitrogen and oxygen atoms in total.